The molecule has 264 valence electrons. The van der Waals surface area contributed by atoms with E-state index in [1.165, 1.54) is 4.90 Å². The summed E-state index contributed by atoms with van der Waals surface area (Å²) in [5.41, 5.74) is 0.00515. The molecule has 3 aliphatic rings. The lowest BCUT2D eigenvalue weighted by Crippen LogP contribution is -2.60. The Bertz CT molecular complexity index is 1370. The molecule has 1 aliphatic heterocycles. The fourth-order valence-corrected chi connectivity index (χ4v) is 7.28. The molecule has 0 bridgehead atoms. The average molecular weight is 668 g/mol. The van der Waals surface area contributed by atoms with E-state index in [1.807, 2.05) is 65.0 Å². The van der Waals surface area contributed by atoms with Crippen molar-refractivity contribution in [1.29, 1.82) is 0 Å². The maximum Gasteiger partial charge on any atom is 0.408 e. The molecule has 3 fully saturated rings. The van der Waals surface area contributed by atoms with Crippen molar-refractivity contribution < 1.29 is 33.5 Å². The van der Waals surface area contributed by atoms with Crippen LogP contribution in [-0.2, 0) is 35.3 Å². The number of rotatable bonds is 13. The van der Waals surface area contributed by atoms with Gasteiger partial charge in [-0.15, -0.1) is 0 Å². The summed E-state index contributed by atoms with van der Waals surface area (Å²) in [5, 5.41) is 10.6. The lowest BCUT2D eigenvalue weighted by Gasteiger charge is -2.38. The smallest absolute Gasteiger partial charge is 0.408 e. The van der Waals surface area contributed by atoms with Crippen molar-refractivity contribution in [3.05, 3.63) is 35.9 Å². The molecule has 4 N–H and O–H groups in total. The highest BCUT2D eigenvalue weighted by Crippen LogP contribution is 2.65. The van der Waals surface area contributed by atoms with E-state index < -0.39 is 59.7 Å². The number of amides is 5. The summed E-state index contributed by atoms with van der Waals surface area (Å²) in [4.78, 5) is 81.0. The molecule has 2 aliphatic carbocycles. The Morgan fingerprint density at radius 1 is 1.00 bits per heavy atom. The molecular formula is C36H53N5O7. The van der Waals surface area contributed by atoms with E-state index >= 15 is 0 Å². The van der Waals surface area contributed by atoms with E-state index in [4.69, 9.17) is 4.74 Å². The van der Waals surface area contributed by atoms with Crippen LogP contribution in [0.2, 0.25) is 0 Å². The number of carbonyl (C=O) groups excluding carboxylic acids is 6. The third kappa shape index (κ3) is 8.54. The third-order valence-corrected chi connectivity index (χ3v) is 10.4. The van der Waals surface area contributed by atoms with E-state index in [0.717, 1.165) is 24.8 Å². The average Bonchev–Trinajstić information content (AvgIpc) is 3.36. The quantitative estimate of drug-likeness (QED) is 0.235. The van der Waals surface area contributed by atoms with Crippen LogP contribution in [-0.4, -0.2) is 77.7 Å². The van der Waals surface area contributed by atoms with Crippen LogP contribution in [0, 0.1) is 28.6 Å². The van der Waals surface area contributed by atoms with Gasteiger partial charge in [0, 0.05) is 13.1 Å². The standard InChI is InChI=1S/C36H53N5O7/c1-8-13-24(29(43)32(45)38-19-26(42)37-18-22-15-10-9-11-16-22)39-31(44)28-27-23(36(27,6)7)20-41(28)33(46)30(35(3,4)5)40-34(47)48-25-17-12-14-21(25)2/h9-11,15-16,21,23-25,27-28,30H,8,12-14,17-20H2,1-7H3,(H,37,42)(H,38,45)(H,39,44)(H,40,47)/t21?,23?,24?,25?,27-,28?,30+/m0/s1. The minimum atomic E-state index is -1.13. The van der Waals surface area contributed by atoms with Gasteiger partial charge in [-0.2, -0.15) is 0 Å². The first-order valence-corrected chi connectivity index (χ1v) is 17.3. The number of nitrogens with one attached hydrogen (secondary N) is 4. The van der Waals surface area contributed by atoms with Crippen LogP contribution in [0.3, 0.4) is 0 Å². The van der Waals surface area contributed by atoms with Gasteiger partial charge in [0.05, 0.1) is 12.6 Å². The number of ketones is 1. The van der Waals surface area contributed by atoms with Crippen molar-refractivity contribution in [3.8, 4) is 0 Å². The highest BCUT2D eigenvalue weighted by atomic mass is 16.6. The Hall–Kier alpha value is -3.96. The highest BCUT2D eigenvalue weighted by molar-refractivity contribution is 6.38. The van der Waals surface area contributed by atoms with Crippen LogP contribution in [0.4, 0.5) is 4.79 Å². The largest absolute Gasteiger partial charge is 0.446 e. The number of hydrogen-bond acceptors (Lipinski definition) is 7. The molecule has 5 unspecified atom stereocenters. The van der Waals surface area contributed by atoms with E-state index in [2.05, 4.69) is 35.1 Å². The molecule has 1 aromatic carbocycles. The normalized spacial score (nSPS) is 25.2. The van der Waals surface area contributed by atoms with E-state index in [0.29, 0.717) is 13.0 Å². The van der Waals surface area contributed by atoms with Gasteiger partial charge in [0.2, 0.25) is 23.5 Å². The Balaban J connectivity index is 1.41. The van der Waals surface area contributed by atoms with Crippen LogP contribution in [0.15, 0.2) is 30.3 Å². The van der Waals surface area contributed by atoms with Crippen LogP contribution < -0.4 is 21.3 Å². The van der Waals surface area contributed by atoms with Gasteiger partial charge in [-0.25, -0.2) is 4.79 Å². The molecule has 4 rings (SSSR count). The molecule has 1 heterocycles. The van der Waals surface area contributed by atoms with E-state index in [9.17, 15) is 28.8 Å². The molecule has 0 aromatic heterocycles. The lowest BCUT2D eigenvalue weighted by molar-refractivity contribution is -0.145. The summed E-state index contributed by atoms with van der Waals surface area (Å²) >= 11 is 0. The number of ether oxygens (including phenoxy) is 1. The van der Waals surface area contributed by atoms with E-state index in [1.54, 1.807) is 0 Å². The van der Waals surface area contributed by atoms with Gasteiger partial charge in [-0.3, -0.25) is 24.0 Å². The summed E-state index contributed by atoms with van der Waals surface area (Å²) in [6.45, 7) is 13.7. The zero-order chi connectivity index (χ0) is 35.4. The molecule has 1 saturated heterocycles. The topological polar surface area (TPSA) is 163 Å². The molecule has 2 saturated carbocycles. The summed E-state index contributed by atoms with van der Waals surface area (Å²) in [6.07, 6.45) is 2.60. The van der Waals surface area contributed by atoms with Gasteiger partial charge in [-0.1, -0.05) is 85.2 Å². The number of piperidine rings is 1. The number of nitrogens with zero attached hydrogens (tertiary/aromatic N) is 1. The van der Waals surface area contributed by atoms with Crippen molar-refractivity contribution >= 4 is 35.5 Å². The second kappa shape index (κ2) is 15.1. The molecule has 1 aromatic rings. The van der Waals surface area contributed by atoms with Crippen LogP contribution in [0.1, 0.15) is 86.1 Å². The summed E-state index contributed by atoms with van der Waals surface area (Å²) in [5.74, 6) is -3.02. The molecule has 12 nitrogen and oxygen atoms in total. The van der Waals surface area contributed by atoms with Gasteiger partial charge < -0.3 is 30.9 Å². The minimum Gasteiger partial charge on any atom is -0.446 e. The zero-order valence-electron chi connectivity index (χ0n) is 29.4. The van der Waals surface area contributed by atoms with Crippen molar-refractivity contribution in [1.82, 2.24) is 26.2 Å². The monoisotopic (exact) mass is 667 g/mol. The third-order valence-electron chi connectivity index (χ3n) is 10.4. The number of Topliss-reactive ketones (excluding diaryl/α,β-unsaturated/α-hetero) is 1. The Labute approximate surface area is 283 Å². The number of fused-ring (bicyclic) bond motifs is 1. The van der Waals surface area contributed by atoms with Crippen molar-refractivity contribution in [2.75, 3.05) is 13.1 Å². The molecule has 5 amide bonds. The summed E-state index contributed by atoms with van der Waals surface area (Å²) < 4.78 is 5.70. The van der Waals surface area contributed by atoms with Crippen LogP contribution >= 0.6 is 0 Å². The van der Waals surface area contributed by atoms with Crippen molar-refractivity contribution in [3.63, 3.8) is 0 Å². The number of benzene rings is 1. The number of hydrogen-bond donors (Lipinski definition) is 4. The Morgan fingerprint density at radius 2 is 1.69 bits per heavy atom. The van der Waals surface area contributed by atoms with E-state index in [-0.39, 0.29) is 48.1 Å². The second-order valence-electron chi connectivity index (χ2n) is 15.3. The summed E-state index contributed by atoms with van der Waals surface area (Å²) in [6, 6.07) is 6.31. The zero-order valence-corrected chi connectivity index (χ0v) is 29.4. The maximum absolute atomic E-state index is 14.2. The van der Waals surface area contributed by atoms with Crippen LogP contribution in [0.25, 0.3) is 0 Å². The van der Waals surface area contributed by atoms with Gasteiger partial charge in [0.25, 0.3) is 5.91 Å². The predicted molar refractivity (Wildman–Crippen MR) is 179 cm³/mol. The number of alkyl carbamates (subject to hydrolysis) is 1. The van der Waals surface area contributed by atoms with Crippen molar-refractivity contribution in [2.24, 2.45) is 28.6 Å². The van der Waals surface area contributed by atoms with Crippen LogP contribution in [0.5, 0.6) is 0 Å². The molecule has 12 heteroatoms. The first kappa shape index (κ1) is 36.9. The number of carbonyl (C=O) groups is 6. The minimum absolute atomic E-state index is 0.0714. The van der Waals surface area contributed by atoms with Gasteiger partial charge >= 0.3 is 6.09 Å². The van der Waals surface area contributed by atoms with Gasteiger partial charge in [-0.05, 0) is 59.8 Å². The molecule has 0 spiro atoms. The fraction of sp³-hybridized carbons (Fsp3) is 0.667. The molecule has 7 atom stereocenters. The molecule has 48 heavy (non-hydrogen) atoms. The first-order valence-electron chi connectivity index (χ1n) is 17.3. The first-order chi connectivity index (χ1) is 22.6. The molecular weight excluding hydrogens is 614 g/mol. The van der Waals surface area contributed by atoms with Gasteiger partial charge in [0.15, 0.2) is 0 Å². The summed E-state index contributed by atoms with van der Waals surface area (Å²) in [7, 11) is 0. The Kier molecular flexibility index (Phi) is 11.6. The maximum atomic E-state index is 14.2. The highest BCUT2D eigenvalue weighted by Gasteiger charge is 2.70. The van der Waals surface area contributed by atoms with Gasteiger partial charge in [0.1, 0.15) is 18.2 Å². The fourth-order valence-electron chi connectivity index (χ4n) is 7.28. The SMILES string of the molecule is CCCC(NC(=O)C1[C@@H]2C(CN1C(=O)[C@@H](NC(=O)OC1CCCC1C)C(C)(C)C)C2(C)C)C(=O)C(=O)NCC(=O)NCc1ccccc1. The predicted octanol–water partition coefficient (Wildman–Crippen LogP) is 3.09. The number of likely N-dealkylation sites (tertiary alicyclic amines) is 1. The van der Waals surface area contributed by atoms with Crippen molar-refractivity contribution in [2.45, 2.75) is 111 Å². The Morgan fingerprint density at radius 3 is 2.29 bits per heavy atom. The molecule has 0 radical (unpaired) electrons. The lowest BCUT2D eigenvalue weighted by atomic mass is 9.85. The second-order valence-corrected chi connectivity index (χ2v) is 15.3.